The zero-order valence-electron chi connectivity index (χ0n) is 10.1. The Morgan fingerprint density at radius 2 is 2.22 bits per heavy atom. The lowest BCUT2D eigenvalue weighted by Gasteiger charge is -2.08. The molecule has 0 unspecified atom stereocenters. The van der Waals surface area contributed by atoms with E-state index in [0.29, 0.717) is 17.1 Å². The van der Waals surface area contributed by atoms with Gasteiger partial charge in [0.25, 0.3) is 5.91 Å². The molecule has 1 aromatic heterocycles. The average molecular weight is 248 g/mol. The van der Waals surface area contributed by atoms with Gasteiger partial charge in [-0.2, -0.15) is 5.10 Å². The maximum absolute atomic E-state index is 13.1. The van der Waals surface area contributed by atoms with Crippen molar-refractivity contribution in [2.45, 2.75) is 6.92 Å². The fourth-order valence-corrected chi connectivity index (χ4v) is 1.62. The molecule has 5 nitrogen and oxygen atoms in total. The Morgan fingerprint density at radius 1 is 1.50 bits per heavy atom. The zero-order chi connectivity index (χ0) is 13.3. The first kappa shape index (κ1) is 12.1. The number of carbonyl (C=O) groups excluding carboxylic acids is 1. The molecule has 1 heterocycles. The van der Waals surface area contributed by atoms with Crippen LogP contribution in [-0.2, 0) is 7.05 Å². The van der Waals surface area contributed by atoms with E-state index in [0.717, 1.165) is 0 Å². The third kappa shape index (κ3) is 2.17. The van der Waals surface area contributed by atoms with Crippen molar-refractivity contribution in [2.75, 3.05) is 11.1 Å². The van der Waals surface area contributed by atoms with Gasteiger partial charge in [-0.05, 0) is 24.6 Å². The number of carbonyl (C=O) groups is 1. The number of aromatic nitrogens is 2. The topological polar surface area (TPSA) is 72.9 Å². The molecule has 0 fully saturated rings. The van der Waals surface area contributed by atoms with Crippen LogP contribution in [0.3, 0.4) is 0 Å². The minimum Gasteiger partial charge on any atom is -0.394 e. The van der Waals surface area contributed by atoms with Crippen molar-refractivity contribution in [1.82, 2.24) is 9.78 Å². The van der Waals surface area contributed by atoms with Crippen LogP contribution in [0.25, 0.3) is 0 Å². The van der Waals surface area contributed by atoms with Gasteiger partial charge in [-0.3, -0.25) is 9.48 Å². The standard InChI is InChI=1S/C12H13FN4O/c1-7-3-4-8(13)5-9(7)12(18)16-11-10(14)6-15-17(11)2/h3-6H,14H2,1-2H3,(H,16,18). The molecule has 1 amide bonds. The van der Waals surface area contributed by atoms with E-state index in [1.54, 1.807) is 20.0 Å². The highest BCUT2D eigenvalue weighted by Gasteiger charge is 2.14. The SMILES string of the molecule is Cc1ccc(F)cc1C(=O)Nc1c(N)cnn1C. The summed E-state index contributed by atoms with van der Waals surface area (Å²) < 4.78 is 14.6. The number of halogens is 1. The fourth-order valence-electron chi connectivity index (χ4n) is 1.62. The number of hydrogen-bond donors (Lipinski definition) is 2. The van der Waals surface area contributed by atoms with Gasteiger partial charge in [-0.25, -0.2) is 4.39 Å². The van der Waals surface area contributed by atoms with Crippen molar-refractivity contribution < 1.29 is 9.18 Å². The van der Waals surface area contributed by atoms with Crippen molar-refractivity contribution in [3.8, 4) is 0 Å². The van der Waals surface area contributed by atoms with Crippen molar-refractivity contribution in [2.24, 2.45) is 7.05 Å². The van der Waals surface area contributed by atoms with E-state index in [9.17, 15) is 9.18 Å². The van der Waals surface area contributed by atoms with E-state index in [2.05, 4.69) is 10.4 Å². The van der Waals surface area contributed by atoms with Crippen LogP contribution in [-0.4, -0.2) is 15.7 Å². The minimum absolute atomic E-state index is 0.274. The predicted octanol–water partition coefficient (Wildman–Crippen LogP) is 1.70. The quantitative estimate of drug-likeness (QED) is 0.849. The number of aryl methyl sites for hydroxylation is 2. The lowest BCUT2D eigenvalue weighted by Crippen LogP contribution is -2.17. The molecule has 94 valence electrons. The van der Waals surface area contributed by atoms with E-state index in [1.165, 1.54) is 23.0 Å². The maximum Gasteiger partial charge on any atom is 0.257 e. The smallest absolute Gasteiger partial charge is 0.257 e. The van der Waals surface area contributed by atoms with Gasteiger partial charge < -0.3 is 11.1 Å². The van der Waals surface area contributed by atoms with E-state index in [-0.39, 0.29) is 5.56 Å². The number of nitrogens with two attached hydrogens (primary N) is 1. The van der Waals surface area contributed by atoms with Gasteiger partial charge in [0.2, 0.25) is 0 Å². The van der Waals surface area contributed by atoms with E-state index in [4.69, 9.17) is 5.73 Å². The third-order valence-electron chi connectivity index (χ3n) is 2.64. The molecule has 2 aromatic rings. The first-order valence-electron chi connectivity index (χ1n) is 5.34. The number of anilines is 2. The number of nitrogen functional groups attached to an aromatic ring is 1. The van der Waals surface area contributed by atoms with Crippen molar-refractivity contribution >= 4 is 17.4 Å². The number of hydrogen-bond acceptors (Lipinski definition) is 3. The predicted molar refractivity (Wildman–Crippen MR) is 66.7 cm³/mol. The molecule has 0 aliphatic rings. The van der Waals surface area contributed by atoms with Crippen LogP contribution in [0.1, 0.15) is 15.9 Å². The van der Waals surface area contributed by atoms with E-state index in [1.807, 2.05) is 0 Å². The van der Waals surface area contributed by atoms with Crippen LogP contribution in [0.4, 0.5) is 15.9 Å². The van der Waals surface area contributed by atoms with Gasteiger partial charge in [0.05, 0.1) is 11.9 Å². The Labute approximate surface area is 103 Å². The molecular weight excluding hydrogens is 235 g/mol. The molecule has 0 spiro atoms. The second-order valence-electron chi connectivity index (χ2n) is 3.99. The molecule has 0 atom stereocenters. The molecule has 18 heavy (non-hydrogen) atoms. The summed E-state index contributed by atoms with van der Waals surface area (Å²) in [4.78, 5) is 12.0. The van der Waals surface area contributed by atoms with Gasteiger partial charge in [0.1, 0.15) is 5.82 Å². The zero-order valence-corrected chi connectivity index (χ0v) is 10.1. The van der Waals surface area contributed by atoms with E-state index >= 15 is 0 Å². The molecule has 6 heteroatoms. The first-order valence-corrected chi connectivity index (χ1v) is 5.34. The third-order valence-corrected chi connectivity index (χ3v) is 2.64. The number of nitrogens with zero attached hydrogens (tertiary/aromatic N) is 2. The largest absolute Gasteiger partial charge is 0.394 e. The summed E-state index contributed by atoms with van der Waals surface area (Å²) in [5.41, 5.74) is 6.99. The normalized spacial score (nSPS) is 10.4. The second-order valence-corrected chi connectivity index (χ2v) is 3.99. The first-order chi connectivity index (χ1) is 8.49. The van der Waals surface area contributed by atoms with Crippen LogP contribution in [0.5, 0.6) is 0 Å². The van der Waals surface area contributed by atoms with E-state index < -0.39 is 11.7 Å². The molecule has 3 N–H and O–H groups in total. The Bertz CT molecular complexity index is 587. The van der Waals surface area contributed by atoms with Crippen LogP contribution < -0.4 is 11.1 Å². The van der Waals surface area contributed by atoms with Crippen molar-refractivity contribution in [3.05, 3.63) is 41.3 Å². The molecule has 1 aromatic carbocycles. The van der Waals surface area contributed by atoms with Crippen LogP contribution in [0.15, 0.2) is 24.4 Å². The number of amides is 1. The molecule has 2 rings (SSSR count). The molecule has 0 radical (unpaired) electrons. The molecule has 0 bridgehead atoms. The van der Waals surface area contributed by atoms with Gasteiger partial charge in [0, 0.05) is 12.6 Å². The Hall–Kier alpha value is -2.37. The molecule has 0 aliphatic heterocycles. The molecule has 0 aliphatic carbocycles. The van der Waals surface area contributed by atoms with Gasteiger partial charge in [0.15, 0.2) is 5.82 Å². The highest BCUT2D eigenvalue weighted by atomic mass is 19.1. The van der Waals surface area contributed by atoms with Crippen LogP contribution >= 0.6 is 0 Å². The molecular formula is C12H13FN4O. The average Bonchev–Trinajstić information content (AvgIpc) is 2.64. The monoisotopic (exact) mass is 248 g/mol. The Morgan fingerprint density at radius 3 is 2.83 bits per heavy atom. The van der Waals surface area contributed by atoms with Gasteiger partial charge >= 0.3 is 0 Å². The summed E-state index contributed by atoms with van der Waals surface area (Å²) in [6.07, 6.45) is 1.44. The lowest BCUT2D eigenvalue weighted by molar-refractivity contribution is 0.102. The number of nitrogens with one attached hydrogen (secondary N) is 1. The minimum atomic E-state index is -0.455. The summed E-state index contributed by atoms with van der Waals surface area (Å²) in [5.74, 6) is -0.477. The summed E-state index contributed by atoms with van der Waals surface area (Å²) in [5, 5.41) is 6.52. The van der Waals surface area contributed by atoms with Crippen LogP contribution in [0, 0.1) is 12.7 Å². The van der Waals surface area contributed by atoms with Crippen molar-refractivity contribution in [3.63, 3.8) is 0 Å². The molecule has 0 saturated heterocycles. The Kier molecular flexibility index (Phi) is 3.01. The lowest BCUT2D eigenvalue weighted by atomic mass is 10.1. The summed E-state index contributed by atoms with van der Waals surface area (Å²) >= 11 is 0. The highest BCUT2D eigenvalue weighted by molar-refractivity contribution is 6.06. The van der Waals surface area contributed by atoms with Gasteiger partial charge in [-0.1, -0.05) is 6.07 Å². The fraction of sp³-hybridized carbons (Fsp3) is 0.167. The van der Waals surface area contributed by atoms with Gasteiger partial charge in [-0.15, -0.1) is 0 Å². The van der Waals surface area contributed by atoms with Crippen molar-refractivity contribution in [1.29, 1.82) is 0 Å². The Balaban J connectivity index is 2.30. The number of benzene rings is 1. The molecule has 0 saturated carbocycles. The number of rotatable bonds is 2. The highest BCUT2D eigenvalue weighted by Crippen LogP contribution is 2.18. The second kappa shape index (κ2) is 4.48. The summed E-state index contributed by atoms with van der Waals surface area (Å²) in [7, 11) is 1.66. The van der Waals surface area contributed by atoms with Crippen LogP contribution in [0.2, 0.25) is 0 Å². The summed E-state index contributed by atoms with van der Waals surface area (Å²) in [6.45, 7) is 1.74. The maximum atomic E-state index is 13.1. The summed E-state index contributed by atoms with van der Waals surface area (Å²) in [6, 6.07) is 4.05.